The number of aliphatic hydroxyl groups is 1. The number of benzene rings is 1. The highest BCUT2D eigenvalue weighted by Crippen LogP contribution is 2.56. The summed E-state index contributed by atoms with van der Waals surface area (Å²) in [5, 5.41) is 10.1. The van der Waals surface area contributed by atoms with Gasteiger partial charge in [-0.25, -0.2) is 8.42 Å². The van der Waals surface area contributed by atoms with Crippen molar-refractivity contribution >= 4 is 10.0 Å². The summed E-state index contributed by atoms with van der Waals surface area (Å²) < 4.78 is 70.9. The molecule has 1 N–H and O–H groups in total. The van der Waals surface area contributed by atoms with Crippen LogP contribution in [0.15, 0.2) is 52.0 Å². The van der Waals surface area contributed by atoms with Crippen LogP contribution in [0.4, 0.5) is 13.2 Å². The molecule has 1 aliphatic heterocycles. The second-order valence-corrected chi connectivity index (χ2v) is 7.53. The summed E-state index contributed by atoms with van der Waals surface area (Å²) >= 11 is 0. The second-order valence-electron chi connectivity index (χ2n) is 5.66. The first kappa shape index (κ1) is 17.0. The van der Waals surface area contributed by atoms with E-state index < -0.39 is 34.4 Å². The molecule has 0 saturated carbocycles. The average Bonchev–Trinajstić information content (AvgIpc) is 3.08. The van der Waals surface area contributed by atoms with Gasteiger partial charge >= 0.3 is 6.18 Å². The fourth-order valence-corrected chi connectivity index (χ4v) is 4.35. The van der Waals surface area contributed by atoms with E-state index in [9.17, 15) is 26.7 Å². The van der Waals surface area contributed by atoms with Gasteiger partial charge in [-0.05, 0) is 31.2 Å². The summed E-state index contributed by atoms with van der Waals surface area (Å²) in [4.78, 5) is -0.258. The molecular weight excluding hydrogens is 347 g/mol. The highest BCUT2D eigenvalue weighted by atomic mass is 32.2. The summed E-state index contributed by atoms with van der Waals surface area (Å²) in [6.07, 6.45) is -5.99. The van der Waals surface area contributed by atoms with E-state index in [-0.39, 0.29) is 15.0 Å². The maximum Gasteiger partial charge on any atom is 0.412 e. The number of halogens is 3. The van der Waals surface area contributed by atoms with Crippen molar-refractivity contribution in [2.24, 2.45) is 0 Å². The van der Waals surface area contributed by atoms with Gasteiger partial charge in [0.25, 0.3) is 0 Å². The first-order valence-corrected chi connectivity index (χ1v) is 8.42. The molecule has 130 valence electrons. The van der Waals surface area contributed by atoms with Crippen molar-refractivity contribution in [3.63, 3.8) is 0 Å². The molecular formula is C15H14F3NO4S. The average molecular weight is 361 g/mol. The number of aliphatic hydroxyl groups excluding tert-OH is 1. The Morgan fingerprint density at radius 2 is 1.88 bits per heavy atom. The first-order chi connectivity index (χ1) is 11.1. The summed E-state index contributed by atoms with van der Waals surface area (Å²) in [5.74, 6) is -0.339. The molecule has 0 bridgehead atoms. The Kier molecular flexibility index (Phi) is 3.78. The summed E-state index contributed by atoms with van der Waals surface area (Å²) in [5.41, 5.74) is -2.15. The SMILES string of the molecule is Cc1ccc(S(=O)(=O)N2C[C@]2([C@@H](O)c2ccco2)C(F)(F)F)cc1. The fourth-order valence-electron chi connectivity index (χ4n) is 2.61. The highest BCUT2D eigenvalue weighted by Gasteiger charge is 2.78. The number of aryl methyl sites for hydroxylation is 1. The van der Waals surface area contributed by atoms with Gasteiger partial charge in [-0.15, -0.1) is 0 Å². The molecule has 0 aliphatic carbocycles. The smallest absolute Gasteiger partial charge is 0.412 e. The number of alkyl halides is 3. The molecule has 5 nitrogen and oxygen atoms in total. The van der Waals surface area contributed by atoms with E-state index in [1.165, 1.54) is 36.4 Å². The summed E-state index contributed by atoms with van der Waals surface area (Å²) in [6.45, 7) is 0.864. The van der Waals surface area contributed by atoms with Crippen LogP contribution in [0.1, 0.15) is 17.4 Å². The van der Waals surface area contributed by atoms with Crippen LogP contribution in [0.25, 0.3) is 0 Å². The molecule has 24 heavy (non-hydrogen) atoms. The Balaban J connectivity index is 2.02. The molecule has 1 fully saturated rings. The lowest BCUT2D eigenvalue weighted by Crippen LogP contribution is -2.43. The zero-order valence-electron chi connectivity index (χ0n) is 12.5. The van der Waals surface area contributed by atoms with Crippen LogP contribution < -0.4 is 0 Å². The Hall–Kier alpha value is -1.84. The fraction of sp³-hybridized carbons (Fsp3) is 0.333. The molecule has 2 heterocycles. The van der Waals surface area contributed by atoms with Crippen LogP contribution in [0.5, 0.6) is 0 Å². The Labute approximate surface area is 136 Å². The van der Waals surface area contributed by atoms with Crippen LogP contribution in [-0.2, 0) is 10.0 Å². The predicted octanol–water partition coefficient (Wildman–Crippen LogP) is 2.63. The topological polar surface area (TPSA) is 70.5 Å². The standard InChI is InChI=1S/C15H14F3NO4S/c1-10-4-6-11(7-5-10)24(21,22)19-9-14(19,15(16,17)18)13(20)12-3-2-8-23-12/h2-8,13,20H,9H2,1H3/t13-,14-,19?/m0/s1. The van der Waals surface area contributed by atoms with Gasteiger partial charge < -0.3 is 9.52 Å². The molecule has 1 aliphatic rings. The lowest BCUT2D eigenvalue weighted by Gasteiger charge is -2.24. The molecule has 3 rings (SSSR count). The van der Waals surface area contributed by atoms with Crippen molar-refractivity contribution in [3.8, 4) is 0 Å². The van der Waals surface area contributed by atoms with E-state index in [4.69, 9.17) is 4.42 Å². The third kappa shape index (κ3) is 2.43. The van der Waals surface area contributed by atoms with E-state index in [2.05, 4.69) is 0 Å². The summed E-state index contributed by atoms with van der Waals surface area (Å²) in [6, 6.07) is 7.97. The van der Waals surface area contributed by atoms with Crippen LogP contribution in [0.3, 0.4) is 0 Å². The molecule has 3 atom stereocenters. The minimum atomic E-state index is -4.96. The van der Waals surface area contributed by atoms with Crippen molar-refractivity contribution in [3.05, 3.63) is 54.0 Å². The van der Waals surface area contributed by atoms with Gasteiger partial charge in [0.15, 0.2) is 5.54 Å². The van der Waals surface area contributed by atoms with Crippen molar-refractivity contribution in [2.45, 2.75) is 29.6 Å². The maximum atomic E-state index is 13.6. The van der Waals surface area contributed by atoms with E-state index in [0.29, 0.717) is 0 Å². The zero-order chi connectivity index (χ0) is 17.8. The molecule has 1 unspecified atom stereocenters. The van der Waals surface area contributed by atoms with Crippen LogP contribution >= 0.6 is 0 Å². The van der Waals surface area contributed by atoms with Crippen molar-refractivity contribution in [2.75, 3.05) is 6.54 Å². The third-order valence-corrected chi connectivity index (χ3v) is 5.99. The number of hydrogen-bond acceptors (Lipinski definition) is 4. The molecule has 1 aromatic heterocycles. The third-order valence-electron chi connectivity index (χ3n) is 4.09. The summed E-state index contributed by atoms with van der Waals surface area (Å²) in [7, 11) is -4.40. The molecule has 0 amide bonds. The van der Waals surface area contributed by atoms with Gasteiger partial charge in [0.05, 0.1) is 11.2 Å². The monoisotopic (exact) mass is 361 g/mol. The van der Waals surface area contributed by atoms with E-state index >= 15 is 0 Å². The number of furan rings is 1. The van der Waals surface area contributed by atoms with E-state index in [1.807, 2.05) is 0 Å². The largest absolute Gasteiger partial charge is 0.467 e. The van der Waals surface area contributed by atoms with Crippen LogP contribution in [0, 0.1) is 6.92 Å². The van der Waals surface area contributed by atoms with Gasteiger partial charge in [-0.2, -0.15) is 17.5 Å². The number of rotatable bonds is 4. The molecule has 2 aromatic rings. The lowest BCUT2D eigenvalue weighted by molar-refractivity contribution is -0.192. The number of sulfonamides is 1. The zero-order valence-corrected chi connectivity index (χ0v) is 13.3. The van der Waals surface area contributed by atoms with E-state index in [0.717, 1.165) is 11.8 Å². The molecule has 9 heteroatoms. The van der Waals surface area contributed by atoms with Crippen LogP contribution in [0.2, 0.25) is 0 Å². The first-order valence-electron chi connectivity index (χ1n) is 6.98. The normalized spacial score (nSPS) is 25.5. The number of hydrogen-bond donors (Lipinski definition) is 1. The molecule has 1 aromatic carbocycles. The van der Waals surface area contributed by atoms with Crippen molar-refractivity contribution in [1.82, 2.24) is 4.31 Å². The van der Waals surface area contributed by atoms with Crippen LogP contribution in [-0.4, -0.2) is 36.1 Å². The predicted molar refractivity (Wildman–Crippen MR) is 77.5 cm³/mol. The quantitative estimate of drug-likeness (QED) is 0.850. The molecule has 1 saturated heterocycles. The van der Waals surface area contributed by atoms with Gasteiger partial charge in [0.2, 0.25) is 10.0 Å². The van der Waals surface area contributed by atoms with Crippen molar-refractivity contribution < 1.29 is 31.1 Å². The Morgan fingerprint density at radius 3 is 2.38 bits per heavy atom. The number of nitrogens with zero attached hydrogens (tertiary/aromatic N) is 1. The maximum absolute atomic E-state index is 13.6. The molecule has 0 spiro atoms. The lowest BCUT2D eigenvalue weighted by atomic mass is 10.00. The Bertz CT molecular complexity index is 831. The van der Waals surface area contributed by atoms with E-state index in [1.54, 1.807) is 6.92 Å². The van der Waals surface area contributed by atoms with Gasteiger partial charge in [-0.3, -0.25) is 0 Å². The highest BCUT2D eigenvalue weighted by molar-refractivity contribution is 7.89. The van der Waals surface area contributed by atoms with Crippen molar-refractivity contribution in [1.29, 1.82) is 0 Å². The Morgan fingerprint density at radius 1 is 1.25 bits per heavy atom. The molecule has 0 radical (unpaired) electrons. The van der Waals surface area contributed by atoms with Gasteiger partial charge in [-0.1, -0.05) is 17.7 Å². The van der Waals surface area contributed by atoms with Gasteiger partial charge in [0.1, 0.15) is 11.9 Å². The minimum Gasteiger partial charge on any atom is -0.467 e. The van der Waals surface area contributed by atoms with Gasteiger partial charge in [0, 0.05) is 6.54 Å². The second kappa shape index (κ2) is 5.33. The minimum absolute atomic E-state index is 0.258.